The van der Waals surface area contributed by atoms with E-state index in [0.29, 0.717) is 5.65 Å². The third-order valence-corrected chi connectivity index (χ3v) is 1.86. The Labute approximate surface area is 74.5 Å². The van der Waals surface area contributed by atoms with Crippen molar-refractivity contribution in [1.29, 1.82) is 0 Å². The fourth-order valence-corrected chi connectivity index (χ4v) is 1.34. The zero-order chi connectivity index (χ0) is 9.42. The van der Waals surface area contributed by atoms with Crippen molar-refractivity contribution in [1.82, 2.24) is 9.38 Å². The molecule has 0 aromatic carbocycles. The molecule has 13 heavy (non-hydrogen) atoms. The number of carbonyl (C=O) groups excluding carboxylic acids is 1. The predicted octanol–water partition coefficient (Wildman–Crippen LogP) is 1.24. The van der Waals surface area contributed by atoms with E-state index in [9.17, 15) is 9.90 Å². The number of aromatic nitrogens is 2. The second kappa shape index (κ2) is 2.58. The third kappa shape index (κ3) is 1.07. The van der Waals surface area contributed by atoms with Gasteiger partial charge in [0, 0.05) is 25.4 Å². The summed E-state index contributed by atoms with van der Waals surface area (Å²) in [5.74, 6) is -0.197. The molecule has 0 bridgehead atoms. The molecule has 0 fully saturated rings. The minimum atomic E-state index is -0.175. The van der Waals surface area contributed by atoms with Crippen LogP contribution in [0.3, 0.4) is 0 Å². The van der Waals surface area contributed by atoms with Gasteiger partial charge in [-0.25, -0.2) is 4.98 Å². The molecule has 0 unspecified atom stereocenters. The Morgan fingerprint density at radius 1 is 1.62 bits per heavy atom. The number of hydrogen-bond donors (Lipinski definition) is 1. The molecule has 0 aliphatic carbocycles. The summed E-state index contributed by atoms with van der Waals surface area (Å²) >= 11 is 0. The Hall–Kier alpha value is -1.84. The lowest BCUT2D eigenvalue weighted by atomic mass is 10.3. The molecule has 0 aliphatic heterocycles. The molecular formula is C9H8N2O2. The average Bonchev–Trinajstić information content (AvgIpc) is 2.39. The lowest BCUT2D eigenvalue weighted by molar-refractivity contribution is 0.100. The summed E-state index contributed by atoms with van der Waals surface area (Å²) in [6.45, 7) is 1.41. The Kier molecular flexibility index (Phi) is 1.55. The number of carbonyl (C=O) groups is 1. The van der Waals surface area contributed by atoms with Gasteiger partial charge in [-0.05, 0) is 6.07 Å². The van der Waals surface area contributed by atoms with Crippen molar-refractivity contribution >= 4 is 11.4 Å². The van der Waals surface area contributed by atoms with E-state index in [2.05, 4.69) is 4.98 Å². The van der Waals surface area contributed by atoms with Gasteiger partial charge < -0.3 is 5.11 Å². The molecule has 2 rings (SSSR count). The van der Waals surface area contributed by atoms with E-state index >= 15 is 0 Å². The van der Waals surface area contributed by atoms with E-state index in [1.165, 1.54) is 13.0 Å². The summed E-state index contributed by atoms with van der Waals surface area (Å²) in [5.41, 5.74) is 0.855. The maximum atomic E-state index is 11.1. The topological polar surface area (TPSA) is 54.6 Å². The first-order chi connectivity index (χ1) is 6.20. The van der Waals surface area contributed by atoms with E-state index < -0.39 is 0 Å². The fourth-order valence-electron chi connectivity index (χ4n) is 1.34. The average molecular weight is 176 g/mol. The fraction of sp³-hybridized carbons (Fsp3) is 0.111. The van der Waals surface area contributed by atoms with Gasteiger partial charge in [0.25, 0.3) is 0 Å². The number of aromatic hydroxyl groups is 1. The lowest BCUT2D eigenvalue weighted by Crippen LogP contribution is -1.98. The molecule has 66 valence electrons. The molecule has 0 atom stereocenters. The standard InChI is InChI=1S/C9H8N2O2/c1-6(12)9-7(13)5-8-10-3-2-4-11(8)9/h2-5,13H,1H3. The number of fused-ring (bicyclic) bond motifs is 1. The molecule has 0 amide bonds. The van der Waals surface area contributed by atoms with Crippen molar-refractivity contribution < 1.29 is 9.90 Å². The molecule has 0 spiro atoms. The van der Waals surface area contributed by atoms with E-state index in [4.69, 9.17) is 0 Å². The van der Waals surface area contributed by atoms with Crippen molar-refractivity contribution in [3.8, 4) is 5.75 Å². The highest BCUT2D eigenvalue weighted by atomic mass is 16.3. The number of ketones is 1. The van der Waals surface area contributed by atoms with Crippen molar-refractivity contribution in [2.24, 2.45) is 0 Å². The van der Waals surface area contributed by atoms with E-state index in [1.54, 1.807) is 22.9 Å². The van der Waals surface area contributed by atoms with Crippen molar-refractivity contribution in [2.45, 2.75) is 6.92 Å². The summed E-state index contributed by atoms with van der Waals surface area (Å²) in [5, 5.41) is 9.42. The van der Waals surface area contributed by atoms with Crippen LogP contribution >= 0.6 is 0 Å². The highest BCUT2D eigenvalue weighted by Gasteiger charge is 2.12. The number of nitrogens with zero attached hydrogens (tertiary/aromatic N) is 2. The van der Waals surface area contributed by atoms with Crippen LogP contribution in [0.15, 0.2) is 24.5 Å². The highest BCUT2D eigenvalue weighted by Crippen LogP contribution is 2.21. The molecule has 2 aromatic heterocycles. The van der Waals surface area contributed by atoms with Gasteiger partial charge in [0.2, 0.25) is 0 Å². The molecule has 0 saturated heterocycles. The van der Waals surface area contributed by atoms with Crippen LogP contribution in [0.1, 0.15) is 17.4 Å². The van der Waals surface area contributed by atoms with Crippen LogP contribution in [0.2, 0.25) is 0 Å². The first-order valence-corrected chi connectivity index (χ1v) is 3.86. The number of hydrogen-bond acceptors (Lipinski definition) is 3. The SMILES string of the molecule is CC(=O)c1c(O)cc2ncccn12. The zero-order valence-electron chi connectivity index (χ0n) is 7.06. The first kappa shape index (κ1) is 7.79. The Morgan fingerprint density at radius 2 is 2.38 bits per heavy atom. The Bertz CT molecular complexity index is 473. The Morgan fingerprint density at radius 3 is 3.08 bits per heavy atom. The van der Waals surface area contributed by atoms with Gasteiger partial charge in [-0.1, -0.05) is 0 Å². The molecule has 0 saturated carbocycles. The third-order valence-electron chi connectivity index (χ3n) is 1.86. The Balaban J connectivity index is 2.86. The van der Waals surface area contributed by atoms with Gasteiger partial charge in [-0.15, -0.1) is 0 Å². The van der Waals surface area contributed by atoms with Crippen LogP contribution in [0.25, 0.3) is 5.65 Å². The summed E-state index contributed by atoms with van der Waals surface area (Å²) < 4.78 is 1.57. The quantitative estimate of drug-likeness (QED) is 0.665. The van der Waals surface area contributed by atoms with Gasteiger partial charge >= 0.3 is 0 Å². The summed E-state index contributed by atoms with van der Waals surface area (Å²) in [4.78, 5) is 15.1. The van der Waals surface area contributed by atoms with Gasteiger partial charge in [-0.2, -0.15) is 0 Å². The summed E-state index contributed by atoms with van der Waals surface area (Å²) in [6.07, 6.45) is 3.30. The van der Waals surface area contributed by atoms with E-state index in [1.807, 2.05) is 0 Å². The second-order valence-corrected chi connectivity index (χ2v) is 2.78. The first-order valence-electron chi connectivity index (χ1n) is 3.86. The van der Waals surface area contributed by atoms with Crippen molar-refractivity contribution in [2.75, 3.05) is 0 Å². The van der Waals surface area contributed by atoms with Gasteiger partial charge in [-0.3, -0.25) is 9.20 Å². The minimum Gasteiger partial charge on any atom is -0.505 e. The zero-order valence-corrected chi connectivity index (χ0v) is 7.06. The maximum Gasteiger partial charge on any atom is 0.180 e. The largest absolute Gasteiger partial charge is 0.505 e. The molecule has 2 heterocycles. The monoisotopic (exact) mass is 176 g/mol. The van der Waals surface area contributed by atoms with Gasteiger partial charge in [0.1, 0.15) is 17.1 Å². The smallest absolute Gasteiger partial charge is 0.180 e. The van der Waals surface area contributed by atoms with Crippen LogP contribution in [-0.4, -0.2) is 20.3 Å². The van der Waals surface area contributed by atoms with Crippen LogP contribution in [0.4, 0.5) is 0 Å². The maximum absolute atomic E-state index is 11.1. The predicted molar refractivity (Wildman–Crippen MR) is 46.9 cm³/mol. The summed E-state index contributed by atoms with van der Waals surface area (Å²) in [6, 6.07) is 3.18. The second-order valence-electron chi connectivity index (χ2n) is 2.78. The van der Waals surface area contributed by atoms with Gasteiger partial charge in [0.05, 0.1) is 0 Å². The lowest BCUT2D eigenvalue weighted by Gasteiger charge is -1.96. The number of Topliss-reactive ketones (excluding diaryl/α,β-unsaturated/α-hetero) is 1. The molecule has 4 heteroatoms. The molecule has 0 aliphatic rings. The molecular weight excluding hydrogens is 168 g/mol. The van der Waals surface area contributed by atoms with E-state index in [-0.39, 0.29) is 17.2 Å². The van der Waals surface area contributed by atoms with E-state index in [0.717, 1.165) is 0 Å². The van der Waals surface area contributed by atoms with Crippen molar-refractivity contribution in [3.05, 3.63) is 30.2 Å². The van der Waals surface area contributed by atoms with Crippen LogP contribution < -0.4 is 0 Å². The molecule has 1 N–H and O–H groups in total. The molecule has 4 nitrogen and oxygen atoms in total. The summed E-state index contributed by atoms with van der Waals surface area (Å²) in [7, 11) is 0. The minimum absolute atomic E-state index is 0.0220. The highest BCUT2D eigenvalue weighted by molar-refractivity contribution is 5.96. The van der Waals surface area contributed by atoms with Crippen LogP contribution in [0.5, 0.6) is 5.75 Å². The number of rotatable bonds is 1. The van der Waals surface area contributed by atoms with Crippen molar-refractivity contribution in [3.63, 3.8) is 0 Å². The van der Waals surface area contributed by atoms with Crippen LogP contribution in [-0.2, 0) is 0 Å². The van der Waals surface area contributed by atoms with Crippen LogP contribution in [0, 0.1) is 0 Å². The normalized spacial score (nSPS) is 10.5. The molecule has 0 radical (unpaired) electrons. The molecule has 2 aromatic rings. The van der Waals surface area contributed by atoms with Gasteiger partial charge in [0.15, 0.2) is 5.78 Å².